The van der Waals surface area contributed by atoms with E-state index in [2.05, 4.69) is 5.32 Å². The third-order valence-corrected chi connectivity index (χ3v) is 3.68. The van der Waals surface area contributed by atoms with E-state index in [1.807, 2.05) is 13.8 Å². The van der Waals surface area contributed by atoms with Gasteiger partial charge in [-0.2, -0.15) is 0 Å². The van der Waals surface area contributed by atoms with Crippen LogP contribution in [0.2, 0.25) is 0 Å². The summed E-state index contributed by atoms with van der Waals surface area (Å²) in [6, 6.07) is 2.40. The highest BCUT2D eigenvalue weighted by atomic mass is 16.3. The fourth-order valence-corrected chi connectivity index (χ4v) is 2.63. The highest BCUT2D eigenvalue weighted by molar-refractivity contribution is 5.91. The maximum Gasteiger partial charge on any atom is 0.287 e. The fraction of sp³-hybridized carbons (Fsp3) is 0.562. The maximum absolute atomic E-state index is 12.2. The summed E-state index contributed by atoms with van der Waals surface area (Å²) in [5, 5.41) is 2.85. The van der Waals surface area contributed by atoms with Gasteiger partial charge in [-0.25, -0.2) is 0 Å². The van der Waals surface area contributed by atoms with Gasteiger partial charge in [-0.3, -0.25) is 14.4 Å². The summed E-state index contributed by atoms with van der Waals surface area (Å²) in [5.41, 5.74) is -0.255. The molecule has 6 heteroatoms. The fourth-order valence-electron chi connectivity index (χ4n) is 2.63. The van der Waals surface area contributed by atoms with E-state index in [4.69, 9.17) is 4.42 Å². The summed E-state index contributed by atoms with van der Waals surface area (Å²) in [6.07, 6.45) is 1.66. The number of rotatable bonds is 3. The van der Waals surface area contributed by atoms with Crippen LogP contribution in [0.3, 0.4) is 0 Å². The molecule has 0 aromatic carbocycles. The average molecular weight is 306 g/mol. The minimum Gasteiger partial charge on any atom is -0.456 e. The van der Waals surface area contributed by atoms with Crippen LogP contribution in [0.1, 0.15) is 43.0 Å². The lowest BCUT2D eigenvalue weighted by Crippen LogP contribution is -2.50. The lowest BCUT2D eigenvalue weighted by Gasteiger charge is -2.34. The third kappa shape index (κ3) is 3.96. The predicted octanol–water partition coefficient (Wildman–Crippen LogP) is 1.33. The van der Waals surface area contributed by atoms with E-state index in [0.29, 0.717) is 12.3 Å². The number of hydrogen-bond acceptors (Lipinski definition) is 4. The van der Waals surface area contributed by atoms with Gasteiger partial charge in [0, 0.05) is 37.2 Å². The first kappa shape index (κ1) is 16.3. The van der Waals surface area contributed by atoms with E-state index in [0.717, 1.165) is 19.4 Å². The monoisotopic (exact) mass is 306 g/mol. The van der Waals surface area contributed by atoms with Gasteiger partial charge in [-0.05, 0) is 19.8 Å². The normalized spacial score (nSPS) is 18.4. The molecular weight excluding hydrogens is 284 g/mol. The average Bonchev–Trinajstić information content (AvgIpc) is 2.45. The van der Waals surface area contributed by atoms with Gasteiger partial charge < -0.3 is 14.6 Å². The van der Waals surface area contributed by atoms with Crippen LogP contribution in [0, 0.1) is 12.8 Å². The van der Waals surface area contributed by atoms with Gasteiger partial charge in [-0.15, -0.1) is 0 Å². The molecule has 0 spiro atoms. The van der Waals surface area contributed by atoms with Crippen molar-refractivity contribution in [1.29, 1.82) is 0 Å². The molecule has 0 bridgehead atoms. The maximum atomic E-state index is 12.2. The first-order valence-electron chi connectivity index (χ1n) is 7.58. The number of nitrogens with zero attached hydrogens (tertiary/aromatic N) is 1. The molecule has 6 nitrogen and oxygen atoms in total. The Morgan fingerprint density at radius 2 is 2.09 bits per heavy atom. The Bertz CT molecular complexity index is 621. The van der Waals surface area contributed by atoms with Crippen LogP contribution in [-0.4, -0.2) is 35.8 Å². The molecule has 120 valence electrons. The van der Waals surface area contributed by atoms with Crippen molar-refractivity contribution in [3.05, 3.63) is 33.9 Å². The predicted molar refractivity (Wildman–Crippen MR) is 81.6 cm³/mol. The highest BCUT2D eigenvalue weighted by Gasteiger charge is 2.26. The minimum absolute atomic E-state index is 0.0114. The van der Waals surface area contributed by atoms with Gasteiger partial charge >= 0.3 is 0 Å². The van der Waals surface area contributed by atoms with Crippen molar-refractivity contribution >= 4 is 11.8 Å². The zero-order chi connectivity index (χ0) is 16.3. The lowest BCUT2D eigenvalue weighted by molar-refractivity contribution is -0.135. The van der Waals surface area contributed by atoms with Crippen molar-refractivity contribution in [1.82, 2.24) is 10.2 Å². The molecule has 2 rings (SSSR count). The Hall–Kier alpha value is -2.11. The van der Waals surface area contributed by atoms with Crippen molar-refractivity contribution in [2.75, 3.05) is 13.1 Å². The first-order valence-corrected chi connectivity index (χ1v) is 7.58. The van der Waals surface area contributed by atoms with E-state index < -0.39 is 5.91 Å². The van der Waals surface area contributed by atoms with Gasteiger partial charge in [0.05, 0.1) is 0 Å². The van der Waals surface area contributed by atoms with Crippen LogP contribution in [-0.2, 0) is 4.79 Å². The largest absolute Gasteiger partial charge is 0.456 e. The van der Waals surface area contributed by atoms with E-state index in [-0.39, 0.29) is 29.1 Å². The standard InChI is InChI=1S/C16H22N2O4/c1-10(2)16(21)18-6-4-5-12(9-18)17-15(20)14-8-13(19)7-11(3)22-14/h7-8,10,12H,4-6,9H2,1-3H3,(H,17,20). The summed E-state index contributed by atoms with van der Waals surface area (Å²) in [5.74, 6) is 0.0464. The molecule has 2 amide bonds. The zero-order valence-corrected chi connectivity index (χ0v) is 13.2. The molecular formula is C16H22N2O4. The number of amides is 2. The first-order chi connectivity index (χ1) is 10.4. The number of carbonyl (C=O) groups is 2. The zero-order valence-electron chi connectivity index (χ0n) is 13.2. The van der Waals surface area contributed by atoms with Gasteiger partial charge in [0.25, 0.3) is 5.91 Å². The van der Waals surface area contributed by atoms with Crippen LogP contribution in [0.4, 0.5) is 0 Å². The second-order valence-electron chi connectivity index (χ2n) is 6.02. The molecule has 1 N–H and O–H groups in total. The SMILES string of the molecule is Cc1cc(=O)cc(C(=O)NC2CCCN(C(=O)C(C)C)C2)o1. The smallest absolute Gasteiger partial charge is 0.287 e. The summed E-state index contributed by atoms with van der Waals surface area (Å²) >= 11 is 0. The molecule has 1 aliphatic rings. The lowest BCUT2D eigenvalue weighted by atomic mass is 10.0. The van der Waals surface area contributed by atoms with Crippen LogP contribution in [0.15, 0.2) is 21.3 Å². The molecule has 2 heterocycles. The van der Waals surface area contributed by atoms with Gasteiger partial charge in [0.15, 0.2) is 11.2 Å². The summed E-state index contributed by atoms with van der Waals surface area (Å²) in [6.45, 7) is 6.58. The van der Waals surface area contributed by atoms with Crippen LogP contribution < -0.4 is 10.7 Å². The number of carbonyl (C=O) groups excluding carboxylic acids is 2. The second kappa shape index (κ2) is 6.77. The van der Waals surface area contributed by atoms with Crippen LogP contribution >= 0.6 is 0 Å². The molecule has 0 radical (unpaired) electrons. The van der Waals surface area contributed by atoms with Crippen molar-refractivity contribution < 1.29 is 14.0 Å². The van der Waals surface area contributed by atoms with Crippen molar-refractivity contribution in [3.63, 3.8) is 0 Å². The van der Waals surface area contributed by atoms with Gasteiger partial charge in [-0.1, -0.05) is 13.8 Å². The molecule has 1 aliphatic heterocycles. The van der Waals surface area contributed by atoms with Gasteiger partial charge in [0.2, 0.25) is 5.91 Å². The molecule has 1 unspecified atom stereocenters. The number of nitrogens with one attached hydrogen (secondary N) is 1. The Morgan fingerprint density at radius 3 is 2.73 bits per heavy atom. The molecule has 1 fully saturated rings. The summed E-state index contributed by atoms with van der Waals surface area (Å²) in [7, 11) is 0. The second-order valence-corrected chi connectivity index (χ2v) is 6.02. The molecule has 1 aromatic heterocycles. The quantitative estimate of drug-likeness (QED) is 0.913. The molecule has 1 aromatic rings. The number of likely N-dealkylation sites (tertiary alicyclic amines) is 1. The van der Waals surface area contributed by atoms with Crippen LogP contribution in [0.5, 0.6) is 0 Å². The Balaban J connectivity index is 2.02. The Morgan fingerprint density at radius 1 is 1.36 bits per heavy atom. The summed E-state index contributed by atoms with van der Waals surface area (Å²) in [4.78, 5) is 37.4. The number of aryl methyl sites for hydroxylation is 1. The van der Waals surface area contributed by atoms with Crippen molar-refractivity contribution in [2.24, 2.45) is 5.92 Å². The van der Waals surface area contributed by atoms with Crippen LogP contribution in [0.25, 0.3) is 0 Å². The minimum atomic E-state index is -0.412. The van der Waals surface area contributed by atoms with E-state index >= 15 is 0 Å². The highest BCUT2D eigenvalue weighted by Crippen LogP contribution is 2.14. The topological polar surface area (TPSA) is 79.6 Å². The molecule has 1 saturated heterocycles. The molecule has 0 aliphatic carbocycles. The Labute approximate surface area is 129 Å². The van der Waals surface area contributed by atoms with Gasteiger partial charge in [0.1, 0.15) is 5.76 Å². The molecule has 0 saturated carbocycles. The molecule has 1 atom stereocenters. The number of piperidine rings is 1. The third-order valence-electron chi connectivity index (χ3n) is 3.68. The number of hydrogen-bond donors (Lipinski definition) is 1. The van der Waals surface area contributed by atoms with E-state index in [1.54, 1.807) is 11.8 Å². The van der Waals surface area contributed by atoms with E-state index in [1.165, 1.54) is 12.1 Å². The molecule has 22 heavy (non-hydrogen) atoms. The van der Waals surface area contributed by atoms with Crippen molar-refractivity contribution in [2.45, 2.75) is 39.7 Å². The Kier molecular flexibility index (Phi) is 5.00. The van der Waals surface area contributed by atoms with E-state index in [9.17, 15) is 14.4 Å². The summed E-state index contributed by atoms with van der Waals surface area (Å²) < 4.78 is 5.28. The van der Waals surface area contributed by atoms with Crippen molar-refractivity contribution in [3.8, 4) is 0 Å².